The van der Waals surface area contributed by atoms with Gasteiger partial charge >= 0.3 is 6.09 Å². The van der Waals surface area contributed by atoms with Crippen molar-refractivity contribution in [3.63, 3.8) is 0 Å². The van der Waals surface area contributed by atoms with Crippen LogP contribution in [0.25, 0.3) is 0 Å². The van der Waals surface area contributed by atoms with Crippen LogP contribution in [0.4, 0.5) is 4.79 Å². The number of carbonyl (C=O) groups excluding carboxylic acids is 2. The van der Waals surface area contributed by atoms with Crippen LogP contribution >= 0.6 is 11.6 Å². The summed E-state index contributed by atoms with van der Waals surface area (Å²) < 4.78 is 4.50. The molecule has 0 bridgehead atoms. The van der Waals surface area contributed by atoms with Crippen LogP contribution < -0.4 is 5.32 Å². The van der Waals surface area contributed by atoms with E-state index < -0.39 is 17.0 Å². The number of nitrogens with one attached hydrogen (secondary N) is 1. The number of amides is 1. The Bertz CT molecular complexity index is 261. The Labute approximate surface area is 95.3 Å². The summed E-state index contributed by atoms with van der Waals surface area (Å²) in [6.45, 7) is 7.00. The minimum Gasteiger partial charge on any atom is -0.453 e. The van der Waals surface area contributed by atoms with Gasteiger partial charge in [-0.3, -0.25) is 4.79 Å². The van der Waals surface area contributed by atoms with Gasteiger partial charge in [0.2, 0.25) is 0 Å². The summed E-state index contributed by atoms with van der Waals surface area (Å²) in [5.41, 5.74) is -1.46. The monoisotopic (exact) mass is 235 g/mol. The minimum absolute atomic E-state index is 0.0702. The maximum Gasteiger partial charge on any atom is 0.407 e. The Morgan fingerprint density at radius 2 is 1.73 bits per heavy atom. The number of ketones is 1. The summed E-state index contributed by atoms with van der Waals surface area (Å²) in [4.78, 5) is 22.7. The molecule has 0 saturated heterocycles. The summed E-state index contributed by atoms with van der Waals surface area (Å²) in [6, 6.07) is 0. The lowest BCUT2D eigenvalue weighted by Gasteiger charge is -2.40. The van der Waals surface area contributed by atoms with E-state index >= 15 is 0 Å². The molecule has 5 heteroatoms. The molecule has 0 spiro atoms. The Balaban J connectivity index is 4.84. The van der Waals surface area contributed by atoms with Crippen molar-refractivity contribution in [2.45, 2.75) is 33.2 Å². The third kappa shape index (κ3) is 3.09. The van der Waals surface area contributed by atoms with Gasteiger partial charge in [0, 0.05) is 11.0 Å². The fraction of sp³-hybridized carbons (Fsp3) is 0.800. The predicted octanol–water partition coefficient (Wildman–Crippen LogP) is 1.96. The van der Waals surface area contributed by atoms with Crippen LogP contribution in [-0.2, 0) is 9.53 Å². The molecule has 0 aromatic heterocycles. The SMILES string of the molecule is COC(=O)NC(C)(C)C(C)(C)C(=O)CCl. The maximum absolute atomic E-state index is 11.6. The molecule has 0 aromatic rings. The minimum atomic E-state index is -0.747. The van der Waals surface area contributed by atoms with E-state index in [0.29, 0.717) is 0 Å². The Morgan fingerprint density at radius 1 is 1.27 bits per heavy atom. The molecule has 1 N–H and O–H groups in total. The van der Waals surface area contributed by atoms with Crippen molar-refractivity contribution in [3.8, 4) is 0 Å². The quantitative estimate of drug-likeness (QED) is 0.758. The van der Waals surface area contributed by atoms with E-state index in [1.54, 1.807) is 27.7 Å². The molecule has 0 rings (SSSR count). The standard InChI is InChI=1S/C10H18ClNO3/c1-9(2,7(13)6-11)10(3,4)12-8(14)15-5/h6H2,1-5H3,(H,12,14). The van der Waals surface area contributed by atoms with E-state index in [-0.39, 0.29) is 11.7 Å². The van der Waals surface area contributed by atoms with E-state index in [1.165, 1.54) is 7.11 Å². The maximum atomic E-state index is 11.6. The highest BCUT2D eigenvalue weighted by Crippen LogP contribution is 2.31. The molecule has 88 valence electrons. The fourth-order valence-electron chi connectivity index (χ4n) is 0.978. The second-order valence-corrected chi connectivity index (χ2v) is 4.69. The van der Waals surface area contributed by atoms with E-state index in [1.807, 2.05) is 0 Å². The molecule has 15 heavy (non-hydrogen) atoms. The van der Waals surface area contributed by atoms with Crippen molar-refractivity contribution in [3.05, 3.63) is 0 Å². The molecule has 0 heterocycles. The average molecular weight is 236 g/mol. The summed E-state index contributed by atoms with van der Waals surface area (Å²) in [5, 5.41) is 2.62. The number of halogens is 1. The number of carbonyl (C=O) groups is 2. The first kappa shape index (κ1) is 14.2. The highest BCUT2D eigenvalue weighted by Gasteiger charge is 2.43. The molecule has 4 nitrogen and oxygen atoms in total. The number of ether oxygens (including phenoxy) is 1. The Kier molecular flexibility index (Phi) is 4.59. The predicted molar refractivity (Wildman–Crippen MR) is 59.1 cm³/mol. The van der Waals surface area contributed by atoms with E-state index in [4.69, 9.17) is 11.6 Å². The second-order valence-electron chi connectivity index (χ2n) is 4.42. The molecule has 0 aliphatic rings. The fourth-order valence-corrected chi connectivity index (χ4v) is 1.31. The van der Waals surface area contributed by atoms with Crippen molar-refractivity contribution in [1.29, 1.82) is 0 Å². The van der Waals surface area contributed by atoms with Crippen molar-refractivity contribution >= 4 is 23.5 Å². The van der Waals surface area contributed by atoms with Gasteiger partial charge in [0.05, 0.1) is 13.0 Å². The van der Waals surface area contributed by atoms with Crippen molar-refractivity contribution < 1.29 is 14.3 Å². The molecule has 0 aliphatic heterocycles. The number of alkyl carbamates (subject to hydrolysis) is 1. The topological polar surface area (TPSA) is 55.4 Å². The normalized spacial score (nSPS) is 12.1. The van der Waals surface area contributed by atoms with Crippen LogP contribution in [0.1, 0.15) is 27.7 Å². The largest absolute Gasteiger partial charge is 0.453 e. The number of hydrogen-bond donors (Lipinski definition) is 1. The summed E-state index contributed by atoms with van der Waals surface area (Å²) >= 11 is 5.52. The third-order valence-electron chi connectivity index (χ3n) is 2.98. The number of Topliss-reactive ketones (excluding diaryl/α,β-unsaturated/α-hetero) is 1. The summed E-state index contributed by atoms with van der Waals surface area (Å²) in [6.07, 6.45) is -0.560. The summed E-state index contributed by atoms with van der Waals surface area (Å²) in [5.74, 6) is -0.190. The Hall–Kier alpha value is -0.770. The Morgan fingerprint density at radius 3 is 2.07 bits per heavy atom. The van der Waals surface area contributed by atoms with Gasteiger partial charge in [-0.15, -0.1) is 11.6 Å². The van der Waals surface area contributed by atoms with Crippen LogP contribution in [0.5, 0.6) is 0 Å². The molecular formula is C10H18ClNO3. The molecule has 0 aliphatic carbocycles. The van der Waals surface area contributed by atoms with Crippen LogP contribution in [-0.4, -0.2) is 30.4 Å². The van der Waals surface area contributed by atoms with Gasteiger partial charge in [-0.25, -0.2) is 4.79 Å². The molecule has 1 amide bonds. The molecule has 0 unspecified atom stereocenters. The van der Waals surface area contributed by atoms with E-state index in [9.17, 15) is 9.59 Å². The third-order valence-corrected chi connectivity index (χ3v) is 3.22. The van der Waals surface area contributed by atoms with Crippen LogP contribution in [0.2, 0.25) is 0 Å². The van der Waals surface area contributed by atoms with Crippen molar-refractivity contribution in [1.82, 2.24) is 5.32 Å². The molecular weight excluding hydrogens is 218 g/mol. The highest BCUT2D eigenvalue weighted by atomic mass is 35.5. The zero-order chi connectivity index (χ0) is 12.3. The molecule has 0 radical (unpaired) electrons. The van der Waals surface area contributed by atoms with Crippen molar-refractivity contribution in [2.24, 2.45) is 5.41 Å². The van der Waals surface area contributed by atoms with Gasteiger partial charge in [-0.2, -0.15) is 0 Å². The van der Waals surface area contributed by atoms with E-state index in [2.05, 4.69) is 10.1 Å². The first-order valence-corrected chi connectivity index (χ1v) is 5.18. The average Bonchev–Trinajstić information content (AvgIpc) is 2.15. The zero-order valence-electron chi connectivity index (χ0n) is 9.81. The van der Waals surface area contributed by atoms with Gasteiger partial charge in [0.1, 0.15) is 0 Å². The van der Waals surface area contributed by atoms with Gasteiger partial charge in [0.25, 0.3) is 0 Å². The first-order valence-electron chi connectivity index (χ1n) is 4.64. The van der Waals surface area contributed by atoms with Crippen LogP contribution in [0.15, 0.2) is 0 Å². The lowest BCUT2D eigenvalue weighted by atomic mass is 9.72. The summed E-state index contributed by atoms with van der Waals surface area (Å²) in [7, 11) is 1.28. The van der Waals surface area contributed by atoms with Crippen LogP contribution in [0.3, 0.4) is 0 Å². The number of hydrogen-bond acceptors (Lipinski definition) is 3. The molecule has 0 atom stereocenters. The number of methoxy groups -OCH3 is 1. The number of alkyl halides is 1. The van der Waals surface area contributed by atoms with Crippen molar-refractivity contribution in [2.75, 3.05) is 13.0 Å². The highest BCUT2D eigenvalue weighted by molar-refractivity contribution is 6.28. The van der Waals surface area contributed by atoms with E-state index in [0.717, 1.165) is 0 Å². The molecule has 0 aromatic carbocycles. The second kappa shape index (κ2) is 4.84. The van der Waals surface area contributed by atoms with Gasteiger partial charge in [0.15, 0.2) is 5.78 Å². The molecule has 0 saturated carbocycles. The first-order chi connectivity index (χ1) is 6.69. The lowest BCUT2D eigenvalue weighted by Crippen LogP contribution is -2.57. The van der Waals surface area contributed by atoms with Crippen LogP contribution in [0, 0.1) is 5.41 Å². The zero-order valence-corrected chi connectivity index (χ0v) is 10.6. The number of rotatable bonds is 4. The van der Waals surface area contributed by atoms with Gasteiger partial charge < -0.3 is 10.1 Å². The smallest absolute Gasteiger partial charge is 0.407 e. The van der Waals surface area contributed by atoms with Gasteiger partial charge in [-0.1, -0.05) is 13.8 Å². The lowest BCUT2D eigenvalue weighted by molar-refractivity contribution is -0.127. The van der Waals surface area contributed by atoms with Gasteiger partial charge in [-0.05, 0) is 13.8 Å². The molecule has 0 fully saturated rings.